The SMILES string of the molecule is Cc1ncn2c1Cn1nc(Cn3cccn3)nc1-c1cc(C(F)F)ccc1-2. The van der Waals surface area contributed by atoms with E-state index in [-0.39, 0.29) is 5.56 Å². The van der Waals surface area contributed by atoms with Crippen molar-refractivity contribution in [1.29, 1.82) is 0 Å². The number of aromatic nitrogens is 7. The Labute approximate surface area is 152 Å². The van der Waals surface area contributed by atoms with E-state index in [2.05, 4.69) is 20.2 Å². The molecule has 0 fully saturated rings. The highest BCUT2D eigenvalue weighted by Gasteiger charge is 2.25. The minimum Gasteiger partial charge on any atom is -0.300 e. The van der Waals surface area contributed by atoms with Crippen LogP contribution < -0.4 is 0 Å². The second-order valence-electron chi connectivity index (χ2n) is 6.44. The van der Waals surface area contributed by atoms with Gasteiger partial charge in [-0.15, -0.1) is 0 Å². The highest BCUT2D eigenvalue weighted by atomic mass is 19.3. The normalized spacial score (nSPS) is 12.6. The number of aryl methyl sites for hydroxylation is 1. The number of rotatable bonds is 3. The standard InChI is InChI=1S/C18H15F2N7/c1-11-15-8-27-18(23-16(24-27)9-25-6-2-5-22-25)13-7-12(17(19)20)3-4-14(13)26(15)10-21-11/h2-7,10,17H,8-9H2,1H3. The predicted molar refractivity (Wildman–Crippen MR) is 92.7 cm³/mol. The summed E-state index contributed by atoms with van der Waals surface area (Å²) in [6.07, 6.45) is 2.67. The van der Waals surface area contributed by atoms with E-state index < -0.39 is 6.43 Å². The Hall–Kier alpha value is -3.36. The van der Waals surface area contributed by atoms with Gasteiger partial charge in [-0.2, -0.15) is 10.2 Å². The minimum atomic E-state index is -2.55. The van der Waals surface area contributed by atoms with Crippen LogP contribution >= 0.6 is 0 Å². The van der Waals surface area contributed by atoms with Crippen LogP contribution in [0.3, 0.4) is 0 Å². The fraction of sp³-hybridized carbons (Fsp3) is 0.222. The molecule has 1 aliphatic rings. The molecule has 0 bridgehead atoms. The van der Waals surface area contributed by atoms with Crippen LogP contribution in [0, 0.1) is 6.92 Å². The molecular weight excluding hydrogens is 352 g/mol. The summed E-state index contributed by atoms with van der Waals surface area (Å²) < 4.78 is 32.0. The molecule has 4 aromatic rings. The fourth-order valence-corrected chi connectivity index (χ4v) is 3.39. The van der Waals surface area contributed by atoms with Crippen LogP contribution in [0.5, 0.6) is 0 Å². The second kappa shape index (κ2) is 5.83. The molecule has 5 rings (SSSR count). The van der Waals surface area contributed by atoms with Gasteiger partial charge >= 0.3 is 0 Å². The Bertz CT molecular complexity index is 1130. The molecule has 1 aliphatic heterocycles. The van der Waals surface area contributed by atoms with Gasteiger partial charge in [0, 0.05) is 23.5 Å². The lowest BCUT2D eigenvalue weighted by Crippen LogP contribution is -2.07. The van der Waals surface area contributed by atoms with E-state index in [1.807, 2.05) is 23.8 Å². The van der Waals surface area contributed by atoms with E-state index in [1.54, 1.807) is 28.0 Å². The molecule has 0 saturated carbocycles. The average Bonchev–Trinajstić information content (AvgIpc) is 3.36. The molecule has 3 aromatic heterocycles. The van der Waals surface area contributed by atoms with E-state index in [4.69, 9.17) is 0 Å². The Morgan fingerprint density at radius 2 is 2.15 bits per heavy atom. The summed E-state index contributed by atoms with van der Waals surface area (Å²) in [6.45, 7) is 2.80. The van der Waals surface area contributed by atoms with E-state index in [1.165, 1.54) is 12.1 Å². The lowest BCUT2D eigenvalue weighted by Gasteiger charge is -2.10. The highest BCUT2D eigenvalue weighted by Crippen LogP contribution is 2.34. The van der Waals surface area contributed by atoms with Gasteiger partial charge in [0.2, 0.25) is 0 Å². The third-order valence-corrected chi connectivity index (χ3v) is 4.73. The van der Waals surface area contributed by atoms with Crippen LogP contribution in [-0.2, 0) is 13.1 Å². The molecule has 7 nitrogen and oxygen atoms in total. The number of halogens is 2. The third kappa shape index (κ3) is 2.54. The second-order valence-corrected chi connectivity index (χ2v) is 6.44. The van der Waals surface area contributed by atoms with E-state index in [9.17, 15) is 8.78 Å². The zero-order chi connectivity index (χ0) is 18.5. The van der Waals surface area contributed by atoms with Crippen molar-refractivity contribution >= 4 is 0 Å². The van der Waals surface area contributed by atoms with Crippen molar-refractivity contribution in [2.24, 2.45) is 0 Å². The lowest BCUT2D eigenvalue weighted by atomic mass is 10.1. The maximum atomic E-state index is 13.3. The molecule has 27 heavy (non-hydrogen) atoms. The molecule has 136 valence electrons. The number of imidazole rings is 1. The molecular formula is C18H15F2N7. The number of benzene rings is 1. The number of nitrogens with zero attached hydrogens (tertiary/aromatic N) is 7. The molecule has 0 saturated heterocycles. The van der Waals surface area contributed by atoms with Gasteiger partial charge in [-0.05, 0) is 25.1 Å². The summed E-state index contributed by atoms with van der Waals surface area (Å²) in [5, 5.41) is 8.77. The van der Waals surface area contributed by atoms with Gasteiger partial charge in [-0.3, -0.25) is 4.68 Å². The van der Waals surface area contributed by atoms with Gasteiger partial charge in [-0.1, -0.05) is 6.07 Å². The smallest absolute Gasteiger partial charge is 0.263 e. The number of alkyl halides is 2. The average molecular weight is 367 g/mol. The first kappa shape index (κ1) is 15.9. The van der Waals surface area contributed by atoms with Crippen molar-refractivity contribution < 1.29 is 8.78 Å². The maximum absolute atomic E-state index is 13.3. The van der Waals surface area contributed by atoms with Crippen LogP contribution in [0.2, 0.25) is 0 Å². The Morgan fingerprint density at radius 1 is 1.26 bits per heavy atom. The maximum Gasteiger partial charge on any atom is 0.263 e. The van der Waals surface area contributed by atoms with E-state index >= 15 is 0 Å². The Kier molecular flexibility index (Phi) is 3.43. The van der Waals surface area contributed by atoms with Crippen LogP contribution in [-0.4, -0.2) is 34.1 Å². The number of fused-ring (bicyclic) bond motifs is 5. The Balaban J connectivity index is 1.70. The molecule has 4 heterocycles. The van der Waals surface area contributed by atoms with Crippen molar-refractivity contribution in [3.63, 3.8) is 0 Å². The first-order chi connectivity index (χ1) is 13.1. The summed E-state index contributed by atoms with van der Waals surface area (Å²) in [5.41, 5.74) is 3.17. The lowest BCUT2D eigenvalue weighted by molar-refractivity contribution is 0.151. The van der Waals surface area contributed by atoms with Crippen LogP contribution in [0.15, 0.2) is 43.0 Å². The summed E-state index contributed by atoms with van der Waals surface area (Å²) in [6, 6.07) is 6.45. The zero-order valence-corrected chi connectivity index (χ0v) is 14.4. The fourth-order valence-electron chi connectivity index (χ4n) is 3.39. The topological polar surface area (TPSA) is 66.3 Å². The van der Waals surface area contributed by atoms with Crippen molar-refractivity contribution in [2.75, 3.05) is 0 Å². The molecule has 9 heteroatoms. The summed E-state index contributed by atoms with van der Waals surface area (Å²) in [7, 11) is 0. The number of hydrogen-bond donors (Lipinski definition) is 0. The van der Waals surface area contributed by atoms with Crippen LogP contribution in [0.1, 0.15) is 29.2 Å². The molecule has 0 atom stereocenters. The summed E-state index contributed by atoms with van der Waals surface area (Å²) >= 11 is 0. The van der Waals surface area contributed by atoms with Gasteiger partial charge in [0.1, 0.15) is 6.54 Å². The first-order valence-corrected chi connectivity index (χ1v) is 8.47. The quantitative estimate of drug-likeness (QED) is 0.492. The van der Waals surface area contributed by atoms with Crippen LogP contribution in [0.25, 0.3) is 17.1 Å². The van der Waals surface area contributed by atoms with Gasteiger partial charge in [0.25, 0.3) is 6.43 Å². The van der Waals surface area contributed by atoms with E-state index in [0.717, 1.165) is 17.1 Å². The van der Waals surface area contributed by atoms with E-state index in [0.29, 0.717) is 30.3 Å². The Morgan fingerprint density at radius 3 is 2.93 bits per heavy atom. The largest absolute Gasteiger partial charge is 0.300 e. The van der Waals surface area contributed by atoms with Crippen molar-refractivity contribution in [1.82, 2.24) is 34.1 Å². The summed E-state index contributed by atoms with van der Waals surface area (Å²) in [4.78, 5) is 9.01. The zero-order valence-electron chi connectivity index (χ0n) is 14.4. The minimum absolute atomic E-state index is 0.0442. The first-order valence-electron chi connectivity index (χ1n) is 8.47. The molecule has 0 amide bonds. The molecule has 0 aliphatic carbocycles. The van der Waals surface area contributed by atoms with Gasteiger partial charge < -0.3 is 4.57 Å². The highest BCUT2D eigenvalue weighted by molar-refractivity contribution is 5.70. The van der Waals surface area contributed by atoms with Crippen molar-refractivity contribution in [3.8, 4) is 17.1 Å². The molecule has 1 aromatic carbocycles. The third-order valence-electron chi connectivity index (χ3n) is 4.73. The monoisotopic (exact) mass is 367 g/mol. The van der Waals surface area contributed by atoms with Gasteiger partial charge in [0.15, 0.2) is 11.6 Å². The number of hydrogen-bond acceptors (Lipinski definition) is 4. The predicted octanol–water partition coefficient (Wildman–Crippen LogP) is 2.98. The summed E-state index contributed by atoms with van der Waals surface area (Å²) in [5.74, 6) is 1.14. The van der Waals surface area contributed by atoms with Gasteiger partial charge in [-0.25, -0.2) is 23.4 Å². The molecule has 0 N–H and O–H groups in total. The molecule has 0 spiro atoms. The van der Waals surface area contributed by atoms with Crippen LogP contribution in [0.4, 0.5) is 8.78 Å². The van der Waals surface area contributed by atoms with Crippen molar-refractivity contribution in [3.05, 3.63) is 65.8 Å². The van der Waals surface area contributed by atoms with Gasteiger partial charge in [0.05, 0.1) is 29.9 Å². The van der Waals surface area contributed by atoms with Crippen molar-refractivity contribution in [2.45, 2.75) is 26.4 Å². The molecule has 0 unspecified atom stereocenters. The molecule has 0 radical (unpaired) electrons.